The maximum atomic E-state index is 13.2. The molecule has 2 aliphatic rings. The Morgan fingerprint density at radius 3 is 2.63 bits per heavy atom. The van der Waals surface area contributed by atoms with Crippen LogP contribution in [0, 0.1) is 0 Å². The van der Waals surface area contributed by atoms with Crippen LogP contribution in [0.25, 0.3) is 0 Å². The maximum absolute atomic E-state index is 13.2. The van der Waals surface area contributed by atoms with Crippen molar-refractivity contribution < 1.29 is 24.3 Å². The van der Waals surface area contributed by atoms with Crippen molar-refractivity contribution >= 4 is 17.4 Å². The first-order valence-electron chi connectivity index (χ1n) is 9.08. The van der Waals surface area contributed by atoms with E-state index in [0.29, 0.717) is 36.7 Å². The number of para-hydroxylation sites is 1. The molecule has 2 N–H and O–H groups in total. The topological polar surface area (TPSA) is 84.2 Å². The van der Waals surface area contributed by atoms with Gasteiger partial charge in [0.2, 0.25) is 0 Å². The number of Topliss-reactive ketones (excluding diaryl/α,β-unsaturated/α-hetero) is 1. The summed E-state index contributed by atoms with van der Waals surface area (Å²) in [7, 11) is 0. The van der Waals surface area contributed by atoms with Crippen LogP contribution in [0.3, 0.4) is 0 Å². The number of amides is 1. The van der Waals surface area contributed by atoms with Crippen LogP contribution in [-0.4, -0.2) is 54.8 Å². The van der Waals surface area contributed by atoms with Crippen LogP contribution >= 0.6 is 0 Å². The van der Waals surface area contributed by atoms with E-state index in [2.05, 4.69) is 4.98 Å². The lowest BCUT2D eigenvalue weighted by molar-refractivity contribution is -0.906. The summed E-state index contributed by atoms with van der Waals surface area (Å²) in [6.45, 7) is 3.37. The van der Waals surface area contributed by atoms with Crippen LogP contribution in [-0.2, 0) is 15.1 Å². The van der Waals surface area contributed by atoms with Crippen molar-refractivity contribution in [2.75, 3.05) is 37.9 Å². The van der Waals surface area contributed by atoms with Crippen molar-refractivity contribution in [2.45, 2.75) is 12.0 Å². The van der Waals surface area contributed by atoms with Gasteiger partial charge in [-0.2, -0.15) is 0 Å². The van der Waals surface area contributed by atoms with Crippen molar-refractivity contribution in [1.82, 2.24) is 4.98 Å². The molecule has 1 saturated heterocycles. The number of rotatable bonds is 5. The fourth-order valence-corrected chi connectivity index (χ4v) is 3.75. The summed E-state index contributed by atoms with van der Waals surface area (Å²) >= 11 is 0. The Kier molecular flexibility index (Phi) is 4.73. The van der Waals surface area contributed by atoms with Crippen LogP contribution in [0.15, 0.2) is 48.8 Å². The van der Waals surface area contributed by atoms with Gasteiger partial charge in [-0.3, -0.25) is 19.5 Å². The number of nitrogens with one attached hydrogen (secondary N) is 1. The summed E-state index contributed by atoms with van der Waals surface area (Å²) in [5.41, 5.74) is -0.250. The average Bonchev–Trinajstić information content (AvgIpc) is 2.92. The van der Waals surface area contributed by atoms with E-state index in [1.165, 1.54) is 17.3 Å². The highest BCUT2D eigenvalue weighted by Crippen LogP contribution is 2.42. The fourth-order valence-electron chi connectivity index (χ4n) is 3.75. The Labute approximate surface area is 157 Å². The van der Waals surface area contributed by atoms with Crippen molar-refractivity contribution in [3.63, 3.8) is 0 Å². The van der Waals surface area contributed by atoms with Gasteiger partial charge in [-0.25, -0.2) is 0 Å². The highest BCUT2D eigenvalue weighted by Gasteiger charge is 2.51. The molecular formula is C20H22N3O4+. The van der Waals surface area contributed by atoms with E-state index in [0.717, 1.165) is 13.1 Å². The molecule has 1 fully saturated rings. The van der Waals surface area contributed by atoms with Crippen molar-refractivity contribution in [2.24, 2.45) is 0 Å². The molecule has 1 aromatic carbocycles. The summed E-state index contributed by atoms with van der Waals surface area (Å²) in [4.78, 5) is 32.6. The number of aliphatic hydroxyl groups is 1. The molecule has 4 rings (SSSR count). The Balaban J connectivity index is 1.62. The number of anilines is 1. The quantitative estimate of drug-likeness (QED) is 0.712. The fraction of sp³-hybridized carbons (Fsp3) is 0.350. The number of aromatic nitrogens is 1. The first-order chi connectivity index (χ1) is 13.1. The predicted octanol–water partition coefficient (Wildman–Crippen LogP) is -0.239. The smallest absolute Gasteiger partial charge is 0.268 e. The summed E-state index contributed by atoms with van der Waals surface area (Å²) in [5.74, 6) is -0.728. The first-order valence-corrected chi connectivity index (χ1v) is 9.08. The van der Waals surface area contributed by atoms with E-state index in [1.54, 1.807) is 29.2 Å². The highest BCUT2D eigenvalue weighted by atomic mass is 16.5. The van der Waals surface area contributed by atoms with Gasteiger partial charge in [-0.15, -0.1) is 0 Å². The molecule has 0 bridgehead atoms. The van der Waals surface area contributed by atoms with Crippen molar-refractivity contribution in [3.8, 4) is 0 Å². The van der Waals surface area contributed by atoms with Crippen LogP contribution in [0.4, 0.5) is 5.69 Å². The molecule has 27 heavy (non-hydrogen) atoms. The Morgan fingerprint density at radius 1 is 1.19 bits per heavy atom. The van der Waals surface area contributed by atoms with Crippen molar-refractivity contribution in [3.05, 3.63) is 59.9 Å². The molecule has 7 nitrogen and oxygen atoms in total. The molecule has 140 valence electrons. The second-order valence-corrected chi connectivity index (χ2v) is 6.97. The van der Waals surface area contributed by atoms with Crippen LogP contribution in [0.2, 0.25) is 0 Å². The molecule has 1 amide bonds. The zero-order valence-corrected chi connectivity index (χ0v) is 14.9. The van der Waals surface area contributed by atoms with Gasteiger partial charge in [-0.05, 0) is 18.2 Å². The Morgan fingerprint density at radius 2 is 1.89 bits per heavy atom. The number of benzene rings is 1. The van der Waals surface area contributed by atoms with E-state index >= 15 is 0 Å². The second kappa shape index (κ2) is 7.19. The van der Waals surface area contributed by atoms with Gasteiger partial charge in [0, 0.05) is 23.5 Å². The Hall–Kier alpha value is -2.61. The number of ether oxygens (including phenoxy) is 1. The number of hydrogen-bond donors (Lipinski definition) is 2. The zero-order valence-electron chi connectivity index (χ0n) is 14.9. The lowest BCUT2D eigenvalue weighted by atomic mass is 9.88. The van der Waals surface area contributed by atoms with Gasteiger partial charge in [0.15, 0.2) is 18.1 Å². The third-order valence-corrected chi connectivity index (χ3v) is 5.24. The van der Waals surface area contributed by atoms with E-state index < -0.39 is 11.5 Å². The summed E-state index contributed by atoms with van der Waals surface area (Å²) in [6, 6.07) is 10.3. The van der Waals surface area contributed by atoms with Gasteiger partial charge in [0.25, 0.3) is 5.91 Å². The minimum absolute atomic E-state index is 0.288. The third-order valence-electron chi connectivity index (χ3n) is 5.24. The number of carbonyl (C=O) groups is 2. The van der Waals surface area contributed by atoms with Gasteiger partial charge in [0.1, 0.15) is 13.1 Å². The molecule has 2 aliphatic heterocycles. The maximum Gasteiger partial charge on any atom is 0.268 e. The predicted molar refractivity (Wildman–Crippen MR) is 97.4 cm³/mol. The van der Waals surface area contributed by atoms with Gasteiger partial charge >= 0.3 is 0 Å². The Bertz CT molecular complexity index is 851. The average molecular weight is 368 g/mol. The van der Waals surface area contributed by atoms with E-state index in [9.17, 15) is 14.7 Å². The molecule has 0 saturated carbocycles. The molecule has 1 atom stereocenters. The molecule has 0 aliphatic carbocycles. The number of pyridine rings is 1. The van der Waals surface area contributed by atoms with Gasteiger partial charge in [0.05, 0.1) is 25.3 Å². The standard InChI is InChI=1S/C20H21N3O4/c24-18(15-5-7-21-8-6-15)13-20(26)16-3-1-2-4-17(16)23(19(20)25)14-22-9-11-27-12-10-22/h1-8,26H,9-14H2/p+1/t20-/m0/s1. The number of morpholine rings is 1. The lowest BCUT2D eigenvalue weighted by Gasteiger charge is -2.29. The summed E-state index contributed by atoms with van der Waals surface area (Å²) in [5, 5.41) is 11.3. The largest absolute Gasteiger partial charge is 0.375 e. The molecule has 1 aromatic heterocycles. The number of ketones is 1. The number of hydrogen-bond acceptors (Lipinski definition) is 5. The molecule has 0 radical (unpaired) electrons. The molecule has 2 aromatic rings. The summed E-state index contributed by atoms with van der Waals surface area (Å²) < 4.78 is 5.38. The first kappa shape index (κ1) is 17.8. The number of quaternary nitrogens is 1. The molecular weight excluding hydrogens is 346 g/mol. The number of nitrogens with zero attached hydrogens (tertiary/aromatic N) is 2. The molecule has 0 unspecified atom stereocenters. The lowest BCUT2D eigenvalue weighted by Crippen LogP contribution is -3.15. The number of fused-ring (bicyclic) bond motifs is 1. The van der Waals surface area contributed by atoms with E-state index in [-0.39, 0.29) is 12.2 Å². The molecule has 7 heteroatoms. The van der Waals surface area contributed by atoms with Crippen LogP contribution in [0.1, 0.15) is 22.3 Å². The third kappa shape index (κ3) is 3.25. The SMILES string of the molecule is O=C(C[C@@]1(O)C(=O)N(C[NH+]2CCOCC2)c2ccccc21)c1ccncc1. The van der Waals surface area contributed by atoms with Gasteiger partial charge in [-0.1, -0.05) is 18.2 Å². The van der Waals surface area contributed by atoms with Crippen LogP contribution < -0.4 is 9.80 Å². The molecule has 3 heterocycles. The minimum Gasteiger partial charge on any atom is -0.375 e. The van der Waals surface area contributed by atoms with E-state index in [4.69, 9.17) is 4.74 Å². The normalized spacial score (nSPS) is 22.7. The highest BCUT2D eigenvalue weighted by molar-refractivity contribution is 6.10. The summed E-state index contributed by atoms with van der Waals surface area (Å²) in [6.07, 6.45) is 2.76. The number of carbonyl (C=O) groups excluding carboxylic acids is 2. The van der Waals surface area contributed by atoms with Gasteiger partial charge < -0.3 is 14.7 Å². The van der Waals surface area contributed by atoms with E-state index in [1.807, 2.05) is 12.1 Å². The minimum atomic E-state index is -1.84. The monoisotopic (exact) mass is 368 g/mol. The van der Waals surface area contributed by atoms with Crippen LogP contribution in [0.5, 0.6) is 0 Å². The molecule has 0 spiro atoms. The zero-order chi connectivity index (χ0) is 18.9. The second-order valence-electron chi connectivity index (χ2n) is 6.97. The van der Waals surface area contributed by atoms with Crippen molar-refractivity contribution in [1.29, 1.82) is 0 Å².